The Balaban J connectivity index is 0.000000135. The van der Waals surface area contributed by atoms with Crippen LogP contribution in [0.15, 0.2) is 231 Å². The Bertz CT molecular complexity index is 5830. The van der Waals surface area contributed by atoms with Crippen LogP contribution in [0.5, 0.6) is 23.0 Å². The lowest BCUT2D eigenvalue weighted by molar-refractivity contribution is -0.660. The van der Waals surface area contributed by atoms with Crippen molar-refractivity contribution < 1.29 is 45.4 Å². The first-order valence-corrected chi connectivity index (χ1v) is 38.7. The van der Waals surface area contributed by atoms with Gasteiger partial charge in [0, 0.05) is 127 Å². The molecule has 0 saturated heterocycles. The van der Waals surface area contributed by atoms with Crippen LogP contribution in [0.2, 0.25) is 0 Å². The summed E-state index contributed by atoms with van der Waals surface area (Å²) < 4.78 is 82.5. The molecule has 16 rings (SSSR count). The molecule has 0 spiro atoms. The third-order valence-electron chi connectivity index (χ3n) is 25.9. The summed E-state index contributed by atoms with van der Waals surface area (Å²) in [4.78, 5) is 0. The maximum atomic E-state index is 8.17. The molecule has 8 heteroatoms. The molecular formula is C102H116N4O4+4. The van der Waals surface area contributed by atoms with Crippen molar-refractivity contribution in [2.24, 2.45) is 28.2 Å². The van der Waals surface area contributed by atoms with E-state index in [1.165, 1.54) is 67.0 Å². The second kappa shape index (κ2) is 28.5. The van der Waals surface area contributed by atoms with Gasteiger partial charge < -0.3 is 18.9 Å². The largest absolute Gasteiger partial charge is 0.487 e. The zero-order valence-electron chi connectivity index (χ0n) is 75.4. The zero-order chi connectivity index (χ0) is 84.3. The van der Waals surface area contributed by atoms with Gasteiger partial charge in [-0.05, 0) is 207 Å². The maximum Gasteiger partial charge on any atom is 0.213 e. The highest BCUT2D eigenvalue weighted by molar-refractivity contribution is 5.80. The van der Waals surface area contributed by atoms with Crippen molar-refractivity contribution >= 4 is 0 Å². The molecule has 4 aromatic heterocycles. The topological polar surface area (TPSA) is 52.4 Å². The number of aryl methyl sites for hydroxylation is 10. The molecule has 564 valence electrons. The van der Waals surface area contributed by atoms with E-state index in [1.54, 1.807) is 12.4 Å². The number of rotatable bonds is 8. The molecule has 0 saturated carbocycles. The van der Waals surface area contributed by atoms with Crippen LogP contribution in [-0.4, -0.2) is 22.4 Å². The second-order valence-corrected chi connectivity index (χ2v) is 35.0. The summed E-state index contributed by atoms with van der Waals surface area (Å²) in [5.41, 5.74) is 25.9. The minimum absolute atomic E-state index is 0.00367. The number of fused-ring (bicyclic) bond motifs is 4. The van der Waals surface area contributed by atoms with Crippen molar-refractivity contribution in [2.75, 3.05) is 0 Å². The first-order chi connectivity index (χ1) is 54.1. The number of para-hydroxylation sites is 1. The number of nitrogens with zero attached hydrogens (tertiary/aromatic N) is 4. The molecule has 4 aliphatic rings. The van der Waals surface area contributed by atoms with Gasteiger partial charge in [0.25, 0.3) is 0 Å². The lowest BCUT2D eigenvalue weighted by atomic mass is 9.73. The lowest BCUT2D eigenvalue weighted by Gasteiger charge is -2.33. The normalized spacial score (nSPS) is 17.6. The predicted molar refractivity (Wildman–Crippen MR) is 453 cm³/mol. The van der Waals surface area contributed by atoms with Crippen molar-refractivity contribution in [3.8, 4) is 113 Å². The number of aromatic nitrogens is 4. The highest BCUT2D eigenvalue weighted by Gasteiger charge is 2.52. The molecule has 8 nitrogen and oxygen atoms in total. The van der Waals surface area contributed by atoms with E-state index in [9.17, 15) is 0 Å². The van der Waals surface area contributed by atoms with Crippen LogP contribution in [0.25, 0.3) is 89.5 Å². The van der Waals surface area contributed by atoms with Gasteiger partial charge in [-0.3, -0.25) is 0 Å². The Morgan fingerprint density at radius 1 is 0.255 bits per heavy atom. The van der Waals surface area contributed by atoms with Gasteiger partial charge in [0.05, 0.1) is 0 Å². The first kappa shape index (κ1) is 70.0. The Morgan fingerprint density at radius 3 is 1.03 bits per heavy atom. The number of benzene rings is 8. The van der Waals surface area contributed by atoms with E-state index in [-0.39, 0.29) is 44.1 Å². The Hall–Kier alpha value is -10.4. The van der Waals surface area contributed by atoms with Gasteiger partial charge in [0.2, 0.25) is 22.8 Å². The lowest BCUT2D eigenvalue weighted by Crippen LogP contribution is -2.41. The summed E-state index contributed by atoms with van der Waals surface area (Å²) in [5, 5.41) is 0. The van der Waals surface area contributed by atoms with E-state index in [4.69, 9.17) is 27.2 Å². The van der Waals surface area contributed by atoms with Gasteiger partial charge in [-0.25, -0.2) is 18.3 Å². The number of hydrogen-bond donors (Lipinski definition) is 0. The summed E-state index contributed by atoms with van der Waals surface area (Å²) >= 11 is 0. The fraction of sp³-hybridized carbons (Fsp3) is 0.333. The molecule has 0 atom stereocenters. The highest BCUT2D eigenvalue weighted by Crippen LogP contribution is 2.55. The Labute approximate surface area is 665 Å². The van der Waals surface area contributed by atoms with Crippen molar-refractivity contribution in [1.29, 1.82) is 0 Å². The monoisotopic (exact) mass is 1470 g/mol. The molecular weight excluding hydrogens is 1350 g/mol. The van der Waals surface area contributed by atoms with Gasteiger partial charge in [0.1, 0.15) is 73.6 Å². The quantitative estimate of drug-likeness (QED) is 0.142. The van der Waals surface area contributed by atoms with Crippen molar-refractivity contribution in [3.63, 3.8) is 0 Å². The van der Waals surface area contributed by atoms with E-state index in [1.807, 2.05) is 83.9 Å². The van der Waals surface area contributed by atoms with Crippen LogP contribution in [0, 0.1) is 41.4 Å². The number of ether oxygens (including phenoxy) is 4. The van der Waals surface area contributed by atoms with Crippen LogP contribution in [0.4, 0.5) is 0 Å². The van der Waals surface area contributed by atoms with Gasteiger partial charge in [-0.15, -0.1) is 0 Å². The maximum absolute atomic E-state index is 8.17. The molecule has 8 aromatic carbocycles. The SMILES string of the molecule is Cc1ccccc1-c1cc(-c2ccc3c(c2)OC(C)(C)C3(C)C)cc[n+]1C.Cc1ccccc1-c1cc(-c2cccc3c2OC(C)(C)C3(C)C)cc[n+]1C.[2H]C([2H])([2H])c1c[n+](C)c(-c2ccccc2C)cc1-c1ccc2c(c1)C(C)(C)C(C)(C)O2.[2H]C([2H])([2H])c1c[n+](C)c(-c2ccccc2C)cc1-c1ccc2c(c1)OC(C)(C)C2(C)C. The second-order valence-electron chi connectivity index (χ2n) is 35.0. The predicted octanol–water partition coefficient (Wildman–Crippen LogP) is 23.0. The van der Waals surface area contributed by atoms with Crippen LogP contribution < -0.4 is 37.2 Å². The van der Waals surface area contributed by atoms with Crippen LogP contribution in [-0.2, 0) is 49.9 Å². The molecule has 4 aliphatic heterocycles. The molecule has 0 N–H and O–H groups in total. The molecule has 0 fully saturated rings. The van der Waals surface area contributed by atoms with E-state index < -0.39 is 13.7 Å². The highest BCUT2D eigenvalue weighted by atomic mass is 16.5. The number of pyridine rings is 4. The summed E-state index contributed by atoms with van der Waals surface area (Å²) in [6.45, 7) is 38.9. The van der Waals surface area contributed by atoms with Crippen molar-refractivity contribution in [2.45, 2.75) is 196 Å². The standard InChI is InChI=1S/2C26H30NO.2C25H28NO/c1-17-10-8-9-11-20(17)23-15-21(18(2)16-27(23)7)19-12-13-24-22(14-19)25(3,4)26(5,6)28-24;1-17-10-8-9-11-20(17)23-15-21(18(2)16-27(23)7)19-12-13-22-24(14-19)28-26(5,6)25(22,3)4;1-17-10-7-8-11-19(17)22-16-18(14-15-26(22)6)20-12-9-13-21-23(20)27-25(4,5)24(21,2)3;1-17-9-7-8-10-20(17)22-15-19(13-14-26(22)6)18-11-12-21-23(16-18)27-25(4,5)24(21,2)3/h2*8-16H,1-7H3;2*7-16H,1-6H3/q4*+1/i2*2D3;;. The van der Waals surface area contributed by atoms with Gasteiger partial charge >= 0.3 is 0 Å². The average Bonchev–Trinajstić information content (AvgIpc) is 1.58. The minimum atomic E-state index is -2.23. The molecule has 110 heavy (non-hydrogen) atoms. The van der Waals surface area contributed by atoms with E-state index in [0.717, 1.165) is 84.5 Å². The third kappa shape index (κ3) is 13.8. The van der Waals surface area contributed by atoms with Crippen molar-refractivity contribution in [3.05, 3.63) is 287 Å². The van der Waals surface area contributed by atoms with Crippen LogP contribution in [0.3, 0.4) is 0 Å². The van der Waals surface area contributed by atoms with E-state index >= 15 is 0 Å². The fourth-order valence-electron chi connectivity index (χ4n) is 15.9. The molecule has 0 radical (unpaired) electrons. The summed E-state index contributed by atoms with van der Waals surface area (Å²) in [7, 11) is 8.01. The van der Waals surface area contributed by atoms with Gasteiger partial charge in [0.15, 0.2) is 24.8 Å². The van der Waals surface area contributed by atoms with Crippen molar-refractivity contribution in [1.82, 2.24) is 0 Å². The average molecular weight is 1470 g/mol. The van der Waals surface area contributed by atoms with E-state index in [0.29, 0.717) is 16.7 Å². The molecule has 8 heterocycles. The fourth-order valence-corrected chi connectivity index (χ4v) is 15.9. The van der Waals surface area contributed by atoms with Crippen LogP contribution in [0.1, 0.15) is 175 Å². The molecule has 12 aromatic rings. The molecule has 0 unspecified atom stereocenters. The first-order valence-electron chi connectivity index (χ1n) is 41.7. The Morgan fingerprint density at radius 2 is 0.582 bits per heavy atom. The third-order valence-corrected chi connectivity index (χ3v) is 25.9. The smallest absolute Gasteiger partial charge is 0.213 e. The number of hydrogen-bond acceptors (Lipinski definition) is 4. The summed E-state index contributed by atoms with van der Waals surface area (Å²) in [5.74, 6) is 3.73. The Kier molecular flexibility index (Phi) is 18.1. The summed E-state index contributed by atoms with van der Waals surface area (Å²) in [6, 6.07) is 71.7. The zero-order valence-corrected chi connectivity index (χ0v) is 69.4. The molecule has 0 aliphatic carbocycles. The molecule has 0 amide bonds. The van der Waals surface area contributed by atoms with Crippen LogP contribution >= 0.6 is 0 Å². The molecule has 0 bridgehead atoms. The summed E-state index contributed by atoms with van der Waals surface area (Å²) in [6.07, 6.45) is 7.77. The van der Waals surface area contributed by atoms with Gasteiger partial charge in [-0.1, -0.05) is 177 Å². The minimum Gasteiger partial charge on any atom is -0.487 e. The van der Waals surface area contributed by atoms with E-state index in [2.05, 4.69) is 320 Å². The van der Waals surface area contributed by atoms with Gasteiger partial charge in [-0.2, -0.15) is 0 Å².